The molecular weight excluding hydrogens is 363 g/mol. The van der Waals surface area contributed by atoms with Gasteiger partial charge in [0.05, 0.1) is 12.0 Å². The zero-order valence-corrected chi connectivity index (χ0v) is 16.1. The number of carbonyl (C=O) groups is 3. The molecule has 0 spiro atoms. The van der Waals surface area contributed by atoms with Gasteiger partial charge >= 0.3 is 11.9 Å². The lowest BCUT2D eigenvalue weighted by Gasteiger charge is -2.23. The fraction of sp³-hybridized carbons (Fsp3) is 0.591. The molecule has 2 aliphatic rings. The van der Waals surface area contributed by atoms with E-state index in [0.29, 0.717) is 24.8 Å². The highest BCUT2D eigenvalue weighted by Gasteiger charge is 2.51. The summed E-state index contributed by atoms with van der Waals surface area (Å²) in [4.78, 5) is 36.2. The Hall–Kier alpha value is -2.24. The minimum Gasteiger partial charge on any atom is -0.462 e. The summed E-state index contributed by atoms with van der Waals surface area (Å²) in [7, 11) is 0. The van der Waals surface area contributed by atoms with Crippen molar-refractivity contribution in [3.63, 3.8) is 0 Å². The van der Waals surface area contributed by atoms with E-state index in [0.717, 1.165) is 6.42 Å². The molecule has 0 N–H and O–H groups in total. The number of hydrogen-bond acceptors (Lipinski definition) is 5. The number of carbonyl (C=O) groups excluding carboxylic acids is 3. The van der Waals surface area contributed by atoms with Crippen molar-refractivity contribution in [1.82, 2.24) is 0 Å². The van der Waals surface area contributed by atoms with Crippen LogP contribution in [-0.4, -0.2) is 36.1 Å². The summed E-state index contributed by atoms with van der Waals surface area (Å²) in [6.45, 7) is 1.96. The molecule has 1 aliphatic heterocycles. The van der Waals surface area contributed by atoms with Crippen molar-refractivity contribution in [3.8, 4) is 0 Å². The predicted molar refractivity (Wildman–Crippen MR) is 100 cm³/mol. The van der Waals surface area contributed by atoms with Crippen molar-refractivity contribution in [1.29, 1.82) is 0 Å². The van der Waals surface area contributed by atoms with Gasteiger partial charge in [-0.15, -0.1) is 0 Å². The molecule has 0 radical (unpaired) electrons. The molecule has 3 rings (SSSR count). The molecule has 5 atom stereocenters. The summed E-state index contributed by atoms with van der Waals surface area (Å²) in [6, 6.07) is 8.69. The first-order valence-electron chi connectivity index (χ1n) is 10.1. The van der Waals surface area contributed by atoms with Crippen molar-refractivity contribution in [2.75, 3.05) is 0 Å². The van der Waals surface area contributed by atoms with Crippen LogP contribution in [0, 0.1) is 11.8 Å². The van der Waals surface area contributed by atoms with E-state index in [-0.39, 0.29) is 43.2 Å². The second kappa shape index (κ2) is 9.30. The van der Waals surface area contributed by atoms with Crippen LogP contribution in [0.2, 0.25) is 0 Å². The number of esters is 2. The van der Waals surface area contributed by atoms with Gasteiger partial charge in [-0.25, -0.2) is 9.18 Å². The van der Waals surface area contributed by atoms with Crippen LogP contribution in [0.5, 0.6) is 0 Å². The fourth-order valence-electron chi connectivity index (χ4n) is 4.28. The molecule has 1 heterocycles. The van der Waals surface area contributed by atoms with Crippen LogP contribution in [0.15, 0.2) is 30.3 Å². The molecule has 5 unspecified atom stereocenters. The van der Waals surface area contributed by atoms with E-state index in [2.05, 4.69) is 0 Å². The molecule has 6 heteroatoms. The van der Waals surface area contributed by atoms with Crippen molar-refractivity contribution < 1.29 is 28.2 Å². The third kappa shape index (κ3) is 4.78. The number of alkyl halides is 1. The van der Waals surface area contributed by atoms with Crippen LogP contribution in [0.1, 0.15) is 62.2 Å². The Morgan fingerprint density at radius 2 is 2.04 bits per heavy atom. The van der Waals surface area contributed by atoms with Crippen LogP contribution in [0.25, 0.3) is 0 Å². The quantitative estimate of drug-likeness (QED) is 0.595. The molecule has 2 fully saturated rings. The highest BCUT2D eigenvalue weighted by atomic mass is 19.1. The number of halogens is 1. The normalized spacial score (nSPS) is 27.1. The van der Waals surface area contributed by atoms with Gasteiger partial charge in [-0.2, -0.15) is 0 Å². The van der Waals surface area contributed by atoms with Gasteiger partial charge in [0.2, 0.25) is 0 Å². The summed E-state index contributed by atoms with van der Waals surface area (Å²) >= 11 is 0. The van der Waals surface area contributed by atoms with Crippen LogP contribution in [0.3, 0.4) is 0 Å². The molecular formula is C22H27FO5. The first-order chi connectivity index (χ1) is 13.5. The van der Waals surface area contributed by atoms with Gasteiger partial charge in [0, 0.05) is 24.7 Å². The second-order valence-corrected chi connectivity index (χ2v) is 7.72. The van der Waals surface area contributed by atoms with E-state index in [1.165, 1.54) is 0 Å². The van der Waals surface area contributed by atoms with Crippen molar-refractivity contribution >= 4 is 17.7 Å². The van der Waals surface area contributed by atoms with Crippen molar-refractivity contribution in [2.24, 2.45) is 11.8 Å². The van der Waals surface area contributed by atoms with E-state index in [9.17, 15) is 18.8 Å². The van der Waals surface area contributed by atoms with Gasteiger partial charge in [-0.05, 0) is 25.0 Å². The summed E-state index contributed by atoms with van der Waals surface area (Å²) < 4.78 is 25.1. The monoisotopic (exact) mass is 390 g/mol. The summed E-state index contributed by atoms with van der Waals surface area (Å²) in [5, 5.41) is 0. The Bertz CT molecular complexity index is 704. The van der Waals surface area contributed by atoms with E-state index >= 15 is 0 Å². The van der Waals surface area contributed by atoms with E-state index in [1.54, 1.807) is 24.3 Å². The lowest BCUT2D eigenvalue weighted by Crippen LogP contribution is -2.27. The lowest BCUT2D eigenvalue weighted by atomic mass is 9.87. The molecule has 0 amide bonds. The third-order valence-corrected chi connectivity index (χ3v) is 5.81. The maximum atomic E-state index is 14.0. The lowest BCUT2D eigenvalue weighted by molar-refractivity contribution is -0.141. The highest BCUT2D eigenvalue weighted by Crippen LogP contribution is 2.45. The Kier molecular flexibility index (Phi) is 6.81. The Labute approximate surface area is 164 Å². The smallest absolute Gasteiger partial charge is 0.338 e. The minimum absolute atomic E-state index is 0.0809. The van der Waals surface area contributed by atoms with E-state index in [1.807, 2.05) is 13.0 Å². The Morgan fingerprint density at radius 1 is 1.29 bits per heavy atom. The molecule has 0 bridgehead atoms. The number of hydrogen-bond donors (Lipinski definition) is 0. The topological polar surface area (TPSA) is 69.7 Å². The van der Waals surface area contributed by atoms with Crippen LogP contribution < -0.4 is 0 Å². The van der Waals surface area contributed by atoms with E-state index in [4.69, 9.17) is 9.47 Å². The first kappa shape index (κ1) is 20.5. The summed E-state index contributed by atoms with van der Waals surface area (Å²) in [6.07, 6.45) is 0.796. The zero-order valence-electron chi connectivity index (χ0n) is 16.1. The SMILES string of the molecule is CCCCC(F)C(=O)CCC1C(OC(=O)c2ccccc2)CC2OC(=O)CC21. The fourth-order valence-corrected chi connectivity index (χ4v) is 4.28. The van der Waals surface area contributed by atoms with Crippen molar-refractivity contribution in [3.05, 3.63) is 35.9 Å². The van der Waals surface area contributed by atoms with Crippen molar-refractivity contribution in [2.45, 2.75) is 70.2 Å². The maximum Gasteiger partial charge on any atom is 0.338 e. The first-order valence-corrected chi connectivity index (χ1v) is 10.1. The van der Waals surface area contributed by atoms with Crippen LogP contribution in [-0.2, 0) is 19.1 Å². The minimum atomic E-state index is -1.44. The summed E-state index contributed by atoms with van der Waals surface area (Å²) in [5.74, 6) is -1.35. The molecule has 0 aromatic heterocycles. The third-order valence-electron chi connectivity index (χ3n) is 5.81. The van der Waals surface area contributed by atoms with Gasteiger partial charge in [0.15, 0.2) is 12.0 Å². The number of ether oxygens (including phenoxy) is 2. The molecule has 1 aromatic carbocycles. The number of rotatable bonds is 9. The molecule has 1 aromatic rings. The van der Waals surface area contributed by atoms with Gasteiger partial charge in [0.1, 0.15) is 12.2 Å². The number of ketones is 1. The summed E-state index contributed by atoms with van der Waals surface area (Å²) in [5.41, 5.74) is 0.453. The van der Waals surface area contributed by atoms with E-state index < -0.39 is 24.0 Å². The number of Topliss-reactive ketones (excluding diaryl/α,β-unsaturated/α-hetero) is 1. The van der Waals surface area contributed by atoms with Gasteiger partial charge in [-0.3, -0.25) is 9.59 Å². The zero-order chi connectivity index (χ0) is 20.1. The second-order valence-electron chi connectivity index (χ2n) is 7.72. The average molecular weight is 390 g/mol. The van der Waals surface area contributed by atoms with Crippen LogP contribution in [0.4, 0.5) is 4.39 Å². The highest BCUT2D eigenvalue weighted by molar-refractivity contribution is 5.89. The Morgan fingerprint density at radius 3 is 2.75 bits per heavy atom. The number of fused-ring (bicyclic) bond motifs is 1. The number of benzene rings is 1. The standard InChI is InChI=1S/C22H27FO5/c1-2-3-9-17(23)18(24)11-10-15-16-12-21(25)27-20(16)13-19(15)28-22(26)14-7-5-4-6-8-14/h4-8,15-17,19-20H,2-3,9-13H2,1H3. The number of unbranched alkanes of at least 4 members (excludes halogenated alkanes) is 1. The van der Waals surface area contributed by atoms with Gasteiger partial charge < -0.3 is 9.47 Å². The maximum absolute atomic E-state index is 14.0. The Balaban J connectivity index is 1.63. The average Bonchev–Trinajstić information content (AvgIpc) is 3.20. The predicted octanol–water partition coefficient (Wildman–Crippen LogP) is 4.04. The molecule has 152 valence electrons. The molecule has 1 saturated heterocycles. The largest absolute Gasteiger partial charge is 0.462 e. The van der Waals surface area contributed by atoms with Gasteiger partial charge in [0.25, 0.3) is 0 Å². The molecule has 1 saturated carbocycles. The van der Waals surface area contributed by atoms with Gasteiger partial charge in [-0.1, -0.05) is 38.0 Å². The van der Waals surface area contributed by atoms with Crippen LogP contribution >= 0.6 is 0 Å². The molecule has 5 nitrogen and oxygen atoms in total. The molecule has 28 heavy (non-hydrogen) atoms. The molecule has 1 aliphatic carbocycles.